The first kappa shape index (κ1) is 14.5. The van der Waals surface area contributed by atoms with Gasteiger partial charge in [0.25, 0.3) is 0 Å². The third-order valence-electron chi connectivity index (χ3n) is 3.43. The quantitative estimate of drug-likeness (QED) is 0.717. The number of esters is 2. The van der Waals surface area contributed by atoms with E-state index in [1.54, 1.807) is 20.8 Å². The average molecular weight is 253 g/mol. The van der Waals surface area contributed by atoms with Crippen molar-refractivity contribution in [2.45, 2.75) is 52.7 Å². The van der Waals surface area contributed by atoms with E-state index in [-0.39, 0.29) is 12.4 Å². The second-order valence-corrected chi connectivity index (χ2v) is 5.24. The summed E-state index contributed by atoms with van der Waals surface area (Å²) in [5, 5.41) is 8.81. The van der Waals surface area contributed by atoms with Gasteiger partial charge in [-0.05, 0) is 27.2 Å². The number of rotatable bonds is 3. The number of ether oxygens (including phenoxy) is 2. The van der Waals surface area contributed by atoms with Crippen molar-refractivity contribution in [1.82, 2.24) is 0 Å². The Labute approximate surface area is 107 Å². The van der Waals surface area contributed by atoms with E-state index in [0.29, 0.717) is 6.42 Å². The molecule has 0 N–H and O–H groups in total. The molecule has 0 aromatic rings. The highest BCUT2D eigenvalue weighted by Crippen LogP contribution is 2.27. The second-order valence-electron chi connectivity index (χ2n) is 5.24. The maximum Gasteiger partial charge on any atom is 0.323 e. The topological polar surface area (TPSA) is 76.4 Å². The molecule has 0 amide bonds. The molecule has 1 rings (SSSR count). The van der Waals surface area contributed by atoms with Crippen molar-refractivity contribution in [2.24, 2.45) is 11.3 Å². The van der Waals surface area contributed by atoms with Crippen LogP contribution in [-0.2, 0) is 19.1 Å². The van der Waals surface area contributed by atoms with Crippen LogP contribution in [0, 0.1) is 22.7 Å². The summed E-state index contributed by atoms with van der Waals surface area (Å²) >= 11 is 0. The summed E-state index contributed by atoms with van der Waals surface area (Å²) in [7, 11) is 0. The molecule has 1 saturated heterocycles. The molecule has 18 heavy (non-hydrogen) atoms. The van der Waals surface area contributed by atoms with Crippen LogP contribution in [0.5, 0.6) is 0 Å². The summed E-state index contributed by atoms with van der Waals surface area (Å²) < 4.78 is 10.4. The highest BCUT2D eigenvalue weighted by Gasteiger charge is 2.39. The van der Waals surface area contributed by atoms with Gasteiger partial charge >= 0.3 is 11.9 Å². The van der Waals surface area contributed by atoms with Crippen molar-refractivity contribution in [3.8, 4) is 6.07 Å². The van der Waals surface area contributed by atoms with E-state index in [4.69, 9.17) is 14.7 Å². The number of cyclic esters (lactones) is 1. The number of nitriles is 1. The average Bonchev–Trinajstić information content (AvgIpc) is 2.32. The molecule has 0 aliphatic carbocycles. The molecular weight excluding hydrogens is 234 g/mol. The molecule has 0 saturated carbocycles. The van der Waals surface area contributed by atoms with Crippen LogP contribution in [0.3, 0.4) is 0 Å². The monoisotopic (exact) mass is 253 g/mol. The van der Waals surface area contributed by atoms with Crippen LogP contribution < -0.4 is 0 Å². The predicted molar refractivity (Wildman–Crippen MR) is 63.2 cm³/mol. The minimum atomic E-state index is -0.844. The minimum Gasteiger partial charge on any atom is -0.458 e. The van der Waals surface area contributed by atoms with E-state index in [0.717, 1.165) is 0 Å². The highest BCUT2D eigenvalue weighted by molar-refractivity contribution is 5.78. The normalized spacial score (nSPS) is 28.2. The van der Waals surface area contributed by atoms with Crippen LogP contribution in [-0.4, -0.2) is 24.1 Å². The van der Waals surface area contributed by atoms with Gasteiger partial charge < -0.3 is 9.47 Å². The van der Waals surface area contributed by atoms with Crippen molar-refractivity contribution in [1.29, 1.82) is 5.26 Å². The lowest BCUT2D eigenvalue weighted by Gasteiger charge is -2.32. The number of hydrogen-bond donors (Lipinski definition) is 0. The van der Waals surface area contributed by atoms with E-state index < -0.39 is 29.5 Å². The third kappa shape index (κ3) is 3.00. The first-order chi connectivity index (χ1) is 8.31. The molecule has 1 heterocycles. The van der Waals surface area contributed by atoms with E-state index in [9.17, 15) is 9.59 Å². The van der Waals surface area contributed by atoms with E-state index in [1.165, 1.54) is 0 Å². The highest BCUT2D eigenvalue weighted by atomic mass is 16.6. The first-order valence-corrected chi connectivity index (χ1v) is 6.13. The Morgan fingerprint density at radius 1 is 1.61 bits per heavy atom. The van der Waals surface area contributed by atoms with Crippen LogP contribution in [0.4, 0.5) is 0 Å². The van der Waals surface area contributed by atoms with Crippen molar-refractivity contribution >= 4 is 11.9 Å². The lowest BCUT2D eigenvalue weighted by Crippen LogP contribution is -2.44. The van der Waals surface area contributed by atoms with Gasteiger partial charge in [-0.2, -0.15) is 5.26 Å². The predicted octanol–water partition coefficient (Wildman–Crippen LogP) is 1.81. The fourth-order valence-corrected chi connectivity index (χ4v) is 1.55. The molecular formula is C13H19NO4. The largest absolute Gasteiger partial charge is 0.458 e. The van der Waals surface area contributed by atoms with Crippen LogP contribution in [0.1, 0.15) is 40.5 Å². The number of carbonyl (C=O) groups is 2. The number of carbonyl (C=O) groups excluding carboxylic acids is 2. The molecule has 3 atom stereocenters. The lowest BCUT2D eigenvalue weighted by atomic mass is 9.90. The molecule has 1 aliphatic rings. The smallest absolute Gasteiger partial charge is 0.323 e. The summed E-state index contributed by atoms with van der Waals surface area (Å²) in [6.45, 7) is 7.18. The molecule has 0 aromatic carbocycles. The Balaban J connectivity index is 2.70. The van der Waals surface area contributed by atoms with Gasteiger partial charge in [-0.15, -0.1) is 0 Å². The van der Waals surface area contributed by atoms with Gasteiger partial charge in [0.2, 0.25) is 0 Å². The van der Waals surface area contributed by atoms with Crippen LogP contribution in [0.2, 0.25) is 0 Å². The molecule has 100 valence electrons. The zero-order valence-corrected chi connectivity index (χ0v) is 11.2. The zero-order valence-electron chi connectivity index (χ0n) is 11.2. The second kappa shape index (κ2) is 5.38. The summed E-state index contributed by atoms with van der Waals surface area (Å²) in [5.74, 6) is -1.70. The third-order valence-corrected chi connectivity index (χ3v) is 3.43. The van der Waals surface area contributed by atoms with E-state index in [2.05, 4.69) is 0 Å². The molecule has 5 heteroatoms. The Kier molecular flexibility index (Phi) is 4.33. The zero-order chi connectivity index (χ0) is 13.9. The molecule has 1 fully saturated rings. The fraction of sp³-hybridized carbons (Fsp3) is 0.769. The van der Waals surface area contributed by atoms with Gasteiger partial charge in [0, 0.05) is 6.42 Å². The Morgan fingerprint density at radius 2 is 2.22 bits per heavy atom. The van der Waals surface area contributed by atoms with Crippen molar-refractivity contribution < 1.29 is 19.1 Å². The van der Waals surface area contributed by atoms with Crippen molar-refractivity contribution in [3.63, 3.8) is 0 Å². The molecule has 0 aromatic heterocycles. The SMILES string of the molecule is CCC(C)(C)C(=O)OC1CC(C#N)C(=O)OC1C. The van der Waals surface area contributed by atoms with E-state index >= 15 is 0 Å². The summed E-state index contributed by atoms with van der Waals surface area (Å²) in [4.78, 5) is 23.3. The number of nitrogens with zero attached hydrogens (tertiary/aromatic N) is 1. The Morgan fingerprint density at radius 3 is 2.72 bits per heavy atom. The van der Waals surface area contributed by atoms with Gasteiger partial charge in [-0.1, -0.05) is 6.92 Å². The van der Waals surface area contributed by atoms with Gasteiger partial charge in [-0.3, -0.25) is 9.59 Å². The Hall–Kier alpha value is -1.57. The molecule has 0 bridgehead atoms. The maximum atomic E-state index is 11.9. The van der Waals surface area contributed by atoms with Crippen molar-refractivity contribution in [2.75, 3.05) is 0 Å². The van der Waals surface area contributed by atoms with E-state index in [1.807, 2.05) is 13.0 Å². The molecule has 5 nitrogen and oxygen atoms in total. The van der Waals surface area contributed by atoms with Gasteiger partial charge in [0.1, 0.15) is 18.1 Å². The standard InChI is InChI=1S/C13H19NO4/c1-5-13(3,4)12(16)18-10-6-9(7-14)11(15)17-8(10)2/h8-10H,5-6H2,1-4H3. The molecule has 3 unspecified atom stereocenters. The number of hydrogen-bond acceptors (Lipinski definition) is 5. The van der Waals surface area contributed by atoms with Gasteiger partial charge in [0.15, 0.2) is 0 Å². The minimum absolute atomic E-state index is 0.210. The summed E-state index contributed by atoms with van der Waals surface area (Å²) in [5.41, 5.74) is -0.566. The van der Waals surface area contributed by atoms with Crippen LogP contribution in [0.25, 0.3) is 0 Å². The molecule has 0 radical (unpaired) electrons. The van der Waals surface area contributed by atoms with Crippen LogP contribution >= 0.6 is 0 Å². The van der Waals surface area contributed by atoms with Gasteiger partial charge in [-0.25, -0.2) is 0 Å². The maximum absolute atomic E-state index is 11.9. The summed E-state index contributed by atoms with van der Waals surface area (Å²) in [6, 6.07) is 1.86. The van der Waals surface area contributed by atoms with Crippen molar-refractivity contribution in [3.05, 3.63) is 0 Å². The van der Waals surface area contributed by atoms with Crippen LogP contribution in [0.15, 0.2) is 0 Å². The fourth-order valence-electron chi connectivity index (χ4n) is 1.55. The lowest BCUT2D eigenvalue weighted by molar-refractivity contribution is -0.184. The summed E-state index contributed by atoms with van der Waals surface area (Å²) in [6.07, 6.45) is -0.166. The Bertz CT molecular complexity index is 383. The molecule has 1 aliphatic heterocycles. The first-order valence-electron chi connectivity index (χ1n) is 6.13. The molecule has 0 spiro atoms. The van der Waals surface area contributed by atoms with Gasteiger partial charge in [0.05, 0.1) is 11.5 Å².